The molecule has 6 atom stereocenters. The number of nitrogens with zero attached hydrogens (tertiary/aromatic N) is 3. The van der Waals surface area contributed by atoms with E-state index in [0.717, 1.165) is 44.9 Å². The second kappa shape index (κ2) is 19.9. The van der Waals surface area contributed by atoms with Crippen LogP contribution in [-0.2, 0) is 25.1 Å². The van der Waals surface area contributed by atoms with Gasteiger partial charge in [-0.2, -0.15) is 0 Å². The Bertz CT molecular complexity index is 2530. The Balaban J connectivity index is 1.15. The maximum atomic E-state index is 15.0. The minimum Gasteiger partial charge on any atom is -0.495 e. The predicted molar refractivity (Wildman–Crippen MR) is 245 cm³/mol. The van der Waals surface area contributed by atoms with E-state index in [0.29, 0.717) is 70.3 Å². The van der Waals surface area contributed by atoms with Crippen LogP contribution in [0, 0.1) is 23.4 Å². The zero-order valence-corrected chi connectivity index (χ0v) is 39.5. The molecule has 4 N–H and O–H groups in total. The van der Waals surface area contributed by atoms with Crippen LogP contribution in [0.4, 0.5) is 23.1 Å². The SMILES string of the molecule is COc1ccc2c(O[C@@H]3C[C@H]4C(=O)N[C@]5(P(=O)(O)Cc6c(F)ccc(F)c6F)C[C@@H]5CCCCCCC[C@H](NC(=O)OC5CCCC5)C(=O)N4C3)cc(-c3csc(NC(C)C)n3)nc2c1Cl. The molecular weight excluding hydrogens is 920 g/mol. The van der Waals surface area contributed by atoms with E-state index < -0.39 is 83.8 Å². The lowest BCUT2D eigenvalue weighted by molar-refractivity contribution is -0.140. The van der Waals surface area contributed by atoms with Gasteiger partial charge >= 0.3 is 6.09 Å². The Kier molecular flexibility index (Phi) is 14.4. The lowest BCUT2D eigenvalue weighted by Gasteiger charge is -2.31. The average Bonchev–Trinajstić information content (AvgIpc) is 3.69. The lowest BCUT2D eigenvalue weighted by atomic mass is 10.0. The van der Waals surface area contributed by atoms with Crippen LogP contribution in [0.5, 0.6) is 11.5 Å². The van der Waals surface area contributed by atoms with Gasteiger partial charge in [-0.15, -0.1) is 11.3 Å². The number of benzene rings is 2. The highest BCUT2D eigenvalue weighted by Gasteiger charge is 2.66. The van der Waals surface area contributed by atoms with E-state index in [1.165, 1.54) is 23.3 Å². The van der Waals surface area contributed by atoms with Gasteiger partial charge in [0.1, 0.15) is 57.6 Å². The summed E-state index contributed by atoms with van der Waals surface area (Å²) in [5.74, 6) is -5.34. The fraction of sp³-hybridized carbons (Fsp3) is 0.543. The molecule has 2 aromatic heterocycles. The molecule has 2 aromatic carbocycles. The van der Waals surface area contributed by atoms with E-state index >= 15 is 4.39 Å². The van der Waals surface area contributed by atoms with Crippen LogP contribution in [0.1, 0.15) is 103 Å². The molecule has 8 rings (SSSR count). The van der Waals surface area contributed by atoms with E-state index in [-0.39, 0.29) is 43.0 Å². The molecule has 1 unspecified atom stereocenters. The predicted octanol–water partition coefficient (Wildman–Crippen LogP) is 9.69. The Morgan fingerprint density at radius 1 is 0.985 bits per heavy atom. The molecule has 4 aromatic rings. The van der Waals surface area contributed by atoms with Gasteiger partial charge in [-0.3, -0.25) is 14.2 Å². The molecule has 356 valence electrons. The van der Waals surface area contributed by atoms with E-state index in [4.69, 9.17) is 35.8 Å². The standard InChI is InChI=1S/C46H55ClF3N6O8PS/c1-25(2)51-44-53-35(24-66-44)34-20-38(29-15-18-37(62-3)39(47)41(29)52-34)63-28-19-36-42(57)55-46(65(60,61)23-30-31(48)16-17-32(49)40(30)50)21-26(46)11-7-5-4-6-8-14-33(43(58)56(36)22-28)54-45(59)64-27-12-9-10-13-27/h15-18,20,24-28,33,36H,4-14,19,21-23H2,1-3H3,(H,51,53)(H,54,59)(H,55,57)(H,60,61)/t26-,28+,33-,36-,46-/m0/s1. The van der Waals surface area contributed by atoms with Crippen molar-refractivity contribution in [3.05, 3.63) is 63.7 Å². The fourth-order valence-corrected chi connectivity index (χ4v) is 13.2. The molecule has 0 radical (unpaired) electrons. The Hall–Kier alpha value is -4.64. The van der Waals surface area contributed by atoms with Gasteiger partial charge in [0.05, 0.1) is 31.0 Å². The summed E-state index contributed by atoms with van der Waals surface area (Å²) in [5, 5.41) is 10.3. The van der Waals surface area contributed by atoms with Crippen molar-refractivity contribution in [2.45, 2.75) is 139 Å². The van der Waals surface area contributed by atoms with Crippen molar-refractivity contribution in [3.63, 3.8) is 0 Å². The van der Waals surface area contributed by atoms with Crippen molar-refractivity contribution < 1.29 is 51.2 Å². The second-order valence-corrected chi connectivity index (χ2v) is 21.9. The second-order valence-electron chi connectivity index (χ2n) is 18.2. The first-order valence-electron chi connectivity index (χ1n) is 22.7. The van der Waals surface area contributed by atoms with Crippen molar-refractivity contribution in [2.24, 2.45) is 5.92 Å². The number of aromatic nitrogens is 2. The Labute approximate surface area is 390 Å². The summed E-state index contributed by atoms with van der Waals surface area (Å²) in [5.41, 5.74) is 0.436. The van der Waals surface area contributed by atoms with Crippen LogP contribution in [0.25, 0.3) is 22.3 Å². The number of carbonyl (C=O) groups is 3. The smallest absolute Gasteiger partial charge is 0.408 e. The van der Waals surface area contributed by atoms with Crippen LogP contribution in [0.15, 0.2) is 35.7 Å². The van der Waals surface area contributed by atoms with Gasteiger partial charge in [-0.05, 0) is 89.0 Å². The Morgan fingerprint density at radius 2 is 1.70 bits per heavy atom. The number of halogens is 4. The number of nitrogens with one attached hydrogen (secondary N) is 3. The van der Waals surface area contributed by atoms with E-state index in [2.05, 4.69) is 16.0 Å². The first-order valence-corrected chi connectivity index (χ1v) is 25.8. The molecule has 14 nitrogen and oxygen atoms in total. The van der Waals surface area contributed by atoms with Crippen LogP contribution < -0.4 is 25.4 Å². The molecule has 20 heteroatoms. The first-order chi connectivity index (χ1) is 31.6. The summed E-state index contributed by atoms with van der Waals surface area (Å²) in [4.78, 5) is 65.8. The first kappa shape index (κ1) is 47.8. The molecule has 2 aliphatic carbocycles. The maximum Gasteiger partial charge on any atom is 0.408 e. The van der Waals surface area contributed by atoms with Crippen LogP contribution in [-0.4, -0.2) is 86.9 Å². The third-order valence-corrected chi connectivity index (χ3v) is 16.9. The molecule has 4 heterocycles. The minimum absolute atomic E-state index is 0.0316. The van der Waals surface area contributed by atoms with Crippen molar-refractivity contribution in [3.8, 4) is 22.9 Å². The summed E-state index contributed by atoms with van der Waals surface area (Å²) in [7, 11) is -3.26. The molecule has 0 bridgehead atoms. The fourth-order valence-electron chi connectivity index (χ4n) is 9.61. The molecule has 2 aliphatic heterocycles. The number of hydrogen-bond acceptors (Lipinski definition) is 11. The summed E-state index contributed by atoms with van der Waals surface area (Å²) in [6, 6.07) is 4.16. The van der Waals surface area contributed by atoms with E-state index in [1.807, 2.05) is 19.2 Å². The number of methoxy groups -OCH3 is 1. The molecule has 4 aliphatic rings. The molecule has 3 amide bonds. The van der Waals surface area contributed by atoms with Crippen molar-refractivity contribution in [1.82, 2.24) is 25.5 Å². The third-order valence-electron chi connectivity index (χ3n) is 13.1. The van der Waals surface area contributed by atoms with Gasteiger partial charge in [0, 0.05) is 34.9 Å². The number of alkyl carbamates (subject to hydrolysis) is 1. The highest BCUT2D eigenvalue weighted by molar-refractivity contribution is 7.59. The topological polar surface area (TPSA) is 181 Å². The largest absolute Gasteiger partial charge is 0.495 e. The van der Waals surface area contributed by atoms with Crippen molar-refractivity contribution in [2.75, 3.05) is 19.0 Å². The number of thiazole rings is 1. The zero-order chi connectivity index (χ0) is 46.9. The van der Waals surface area contributed by atoms with Gasteiger partial charge in [0.2, 0.25) is 19.2 Å². The zero-order valence-electron chi connectivity index (χ0n) is 37.0. The summed E-state index contributed by atoms with van der Waals surface area (Å²) in [6.45, 7) is 3.85. The van der Waals surface area contributed by atoms with Crippen LogP contribution >= 0.6 is 30.3 Å². The summed E-state index contributed by atoms with van der Waals surface area (Å²) in [6.07, 6.45) is 4.46. The minimum atomic E-state index is -4.75. The highest BCUT2D eigenvalue weighted by Crippen LogP contribution is 2.72. The van der Waals surface area contributed by atoms with Crippen molar-refractivity contribution >= 4 is 64.2 Å². The molecule has 2 saturated carbocycles. The lowest BCUT2D eigenvalue weighted by Crippen LogP contribution is -2.55. The quantitative estimate of drug-likeness (QED) is 0.0830. The van der Waals surface area contributed by atoms with Gasteiger partial charge in [-0.1, -0.05) is 43.7 Å². The maximum absolute atomic E-state index is 15.0. The summed E-state index contributed by atoms with van der Waals surface area (Å²) >= 11 is 8.25. The summed E-state index contributed by atoms with van der Waals surface area (Å²) < 4.78 is 76.8. The van der Waals surface area contributed by atoms with Crippen LogP contribution in [0.3, 0.4) is 0 Å². The molecule has 0 spiro atoms. The van der Waals surface area contributed by atoms with Gasteiger partial charge in [0.25, 0.3) is 0 Å². The molecular formula is C46H55ClF3N6O8PS. The number of fused-ring (bicyclic) bond motifs is 3. The number of amides is 3. The molecule has 66 heavy (non-hydrogen) atoms. The number of ether oxygens (including phenoxy) is 3. The van der Waals surface area contributed by atoms with Gasteiger partial charge in [-0.25, -0.2) is 27.9 Å². The Morgan fingerprint density at radius 3 is 2.44 bits per heavy atom. The van der Waals surface area contributed by atoms with Crippen molar-refractivity contribution in [1.29, 1.82) is 0 Å². The number of rotatable bonds is 11. The normalized spacial score (nSPS) is 25.0. The van der Waals surface area contributed by atoms with Crippen LogP contribution in [0.2, 0.25) is 5.02 Å². The van der Waals surface area contributed by atoms with Gasteiger partial charge in [0.15, 0.2) is 16.8 Å². The van der Waals surface area contributed by atoms with E-state index in [9.17, 15) is 32.6 Å². The average molecular weight is 975 g/mol. The monoisotopic (exact) mass is 974 g/mol. The number of anilines is 1. The molecule has 2 saturated heterocycles. The number of carbonyl (C=O) groups excluding carboxylic acids is 3. The van der Waals surface area contributed by atoms with Gasteiger partial charge < -0.3 is 40.0 Å². The highest BCUT2D eigenvalue weighted by atomic mass is 35.5. The van der Waals surface area contributed by atoms with E-state index in [1.54, 1.807) is 18.2 Å². The number of pyridine rings is 1. The number of hydrogen-bond donors (Lipinski definition) is 4. The third kappa shape index (κ3) is 10.1. The molecule has 4 fully saturated rings.